The maximum atomic E-state index is 11.6. The van der Waals surface area contributed by atoms with Gasteiger partial charge in [0.1, 0.15) is 5.78 Å². The minimum atomic E-state index is 0.280. The predicted octanol–water partition coefficient (Wildman–Crippen LogP) is 2.60. The van der Waals surface area contributed by atoms with Crippen molar-refractivity contribution in [3.8, 4) is 0 Å². The molecule has 0 atom stereocenters. The molecule has 2 aliphatic rings. The fourth-order valence-electron chi connectivity index (χ4n) is 2.72. The zero-order chi connectivity index (χ0) is 11.8. The van der Waals surface area contributed by atoms with E-state index in [1.165, 1.54) is 18.5 Å². The highest BCUT2D eigenvalue weighted by Crippen LogP contribution is 2.44. The van der Waals surface area contributed by atoms with E-state index < -0.39 is 0 Å². The molecule has 2 nitrogen and oxygen atoms in total. The van der Waals surface area contributed by atoms with Gasteiger partial charge in [-0.2, -0.15) is 11.8 Å². The van der Waals surface area contributed by atoms with Crippen molar-refractivity contribution < 1.29 is 9.28 Å². The monoisotopic (exact) mass is 240 g/mol. The summed E-state index contributed by atoms with van der Waals surface area (Å²) in [5.41, 5.74) is 1.25. The minimum absolute atomic E-state index is 0.280. The molecular formula is C13H22NOS+. The van der Waals surface area contributed by atoms with Gasteiger partial charge in [0.25, 0.3) is 0 Å². The van der Waals surface area contributed by atoms with Crippen molar-refractivity contribution in [2.24, 2.45) is 0 Å². The Hall–Kier alpha value is -0.280. The number of nitrogens with zero attached hydrogens (tertiary/aromatic N) is 1. The van der Waals surface area contributed by atoms with Crippen LogP contribution in [0.5, 0.6) is 0 Å². The molecule has 2 fully saturated rings. The largest absolute Gasteiger partial charge is 0.300 e. The summed E-state index contributed by atoms with van der Waals surface area (Å²) < 4.78 is 1.28. The maximum Gasteiger partial charge on any atom is 0.135 e. The normalized spacial score (nSPS) is 40.0. The number of hydrogen-bond acceptors (Lipinski definition) is 2. The number of allylic oxidation sites excluding steroid dienone is 1. The molecule has 0 amide bonds. The van der Waals surface area contributed by atoms with Gasteiger partial charge in [-0.25, -0.2) is 0 Å². The highest BCUT2D eigenvalue weighted by atomic mass is 32.2. The molecule has 3 heteroatoms. The number of likely N-dealkylation sites (tertiary alicyclic amines) is 1. The molecule has 2 aliphatic heterocycles. The summed E-state index contributed by atoms with van der Waals surface area (Å²) in [5.74, 6) is 1.51. The summed E-state index contributed by atoms with van der Waals surface area (Å²) in [6, 6.07) is 0. The molecule has 0 bridgehead atoms. The molecule has 0 unspecified atom stereocenters. The van der Waals surface area contributed by atoms with Gasteiger partial charge in [-0.05, 0) is 6.58 Å². The summed E-state index contributed by atoms with van der Waals surface area (Å²) >= 11 is 2.04. The van der Waals surface area contributed by atoms with Crippen molar-refractivity contribution in [2.45, 2.75) is 37.4 Å². The Labute approximate surface area is 103 Å². The lowest BCUT2D eigenvalue weighted by Gasteiger charge is -2.47. The van der Waals surface area contributed by atoms with Crippen molar-refractivity contribution in [2.75, 3.05) is 25.9 Å². The second kappa shape index (κ2) is 4.19. The molecule has 90 valence electrons. The van der Waals surface area contributed by atoms with Crippen molar-refractivity contribution >= 4 is 17.5 Å². The van der Waals surface area contributed by atoms with Crippen LogP contribution in [0.15, 0.2) is 12.3 Å². The van der Waals surface area contributed by atoms with Crippen LogP contribution >= 0.6 is 11.8 Å². The average molecular weight is 240 g/mol. The van der Waals surface area contributed by atoms with Crippen LogP contribution in [0.1, 0.15) is 32.6 Å². The second-order valence-electron chi connectivity index (χ2n) is 5.58. The van der Waals surface area contributed by atoms with Gasteiger partial charge < -0.3 is 0 Å². The first kappa shape index (κ1) is 12.2. The molecule has 0 aliphatic carbocycles. The van der Waals surface area contributed by atoms with E-state index in [-0.39, 0.29) is 4.75 Å². The van der Waals surface area contributed by atoms with Crippen LogP contribution in [-0.2, 0) is 4.79 Å². The molecule has 0 radical (unpaired) electrons. The van der Waals surface area contributed by atoms with Crippen molar-refractivity contribution in [1.29, 1.82) is 0 Å². The fraction of sp³-hybridized carbons (Fsp3) is 0.769. The van der Waals surface area contributed by atoms with Gasteiger partial charge in [0.2, 0.25) is 0 Å². The fourth-order valence-corrected chi connectivity index (χ4v) is 4.22. The number of quaternary nitrogens is 1. The molecule has 2 heterocycles. The van der Waals surface area contributed by atoms with Crippen LogP contribution in [0.4, 0.5) is 0 Å². The molecule has 0 aromatic carbocycles. The van der Waals surface area contributed by atoms with E-state index in [2.05, 4.69) is 20.6 Å². The van der Waals surface area contributed by atoms with E-state index >= 15 is 0 Å². The standard InChI is InChI=1S/C13H22NOS/c1-11(2)14(3)7-5-13(6-8-14)10-12(15)4-9-16-13/h1,4-10H2,2-3H3/q+1. The number of piperidine rings is 1. The molecule has 0 aromatic rings. The number of thioether (sulfide) groups is 1. The Morgan fingerprint density at radius 2 is 2.06 bits per heavy atom. The first-order chi connectivity index (χ1) is 7.46. The first-order valence-corrected chi connectivity index (χ1v) is 7.11. The van der Waals surface area contributed by atoms with Crippen LogP contribution in [0, 0.1) is 0 Å². The highest BCUT2D eigenvalue weighted by molar-refractivity contribution is 8.00. The minimum Gasteiger partial charge on any atom is -0.300 e. The van der Waals surface area contributed by atoms with Crippen molar-refractivity contribution in [3.63, 3.8) is 0 Å². The molecule has 2 saturated heterocycles. The SMILES string of the molecule is C=C(C)[N+]1(C)CCC2(CC1)CC(=O)CCS2. The Bertz CT molecular complexity index is 316. The maximum absolute atomic E-state index is 11.6. The third-order valence-corrected chi connectivity index (χ3v) is 5.93. The number of ketones is 1. The molecular weight excluding hydrogens is 218 g/mol. The highest BCUT2D eigenvalue weighted by Gasteiger charge is 2.44. The van der Waals surface area contributed by atoms with Crippen LogP contribution in [-0.4, -0.2) is 40.9 Å². The van der Waals surface area contributed by atoms with Crippen molar-refractivity contribution in [1.82, 2.24) is 0 Å². The van der Waals surface area contributed by atoms with E-state index in [0.29, 0.717) is 5.78 Å². The summed E-state index contributed by atoms with van der Waals surface area (Å²) in [5, 5.41) is 0. The molecule has 0 saturated carbocycles. The first-order valence-electron chi connectivity index (χ1n) is 6.12. The lowest BCUT2D eigenvalue weighted by atomic mass is 9.88. The van der Waals surface area contributed by atoms with Gasteiger partial charge in [0.05, 0.1) is 25.8 Å². The van der Waals surface area contributed by atoms with Crippen LogP contribution in [0.3, 0.4) is 0 Å². The van der Waals surface area contributed by atoms with Crippen LogP contribution in [0.2, 0.25) is 0 Å². The number of hydrogen-bond donors (Lipinski definition) is 0. The third kappa shape index (κ3) is 2.21. The van der Waals surface area contributed by atoms with E-state index in [1.54, 1.807) is 0 Å². The molecule has 16 heavy (non-hydrogen) atoms. The van der Waals surface area contributed by atoms with Gasteiger partial charge >= 0.3 is 0 Å². The van der Waals surface area contributed by atoms with Crippen LogP contribution in [0.25, 0.3) is 0 Å². The van der Waals surface area contributed by atoms with Crippen molar-refractivity contribution in [3.05, 3.63) is 12.3 Å². The average Bonchev–Trinajstić information content (AvgIpc) is 2.23. The van der Waals surface area contributed by atoms with Gasteiger partial charge in [-0.1, -0.05) is 0 Å². The number of carbonyl (C=O) groups is 1. The predicted molar refractivity (Wildman–Crippen MR) is 69.4 cm³/mol. The van der Waals surface area contributed by atoms with Gasteiger partial charge in [-0.3, -0.25) is 9.28 Å². The number of Topliss-reactive ketones (excluding diaryl/α,β-unsaturated/α-hetero) is 1. The van der Waals surface area contributed by atoms with Crippen LogP contribution < -0.4 is 0 Å². The summed E-state index contributed by atoms with van der Waals surface area (Å²) in [7, 11) is 2.27. The lowest BCUT2D eigenvalue weighted by molar-refractivity contribution is -0.877. The van der Waals surface area contributed by atoms with E-state index in [0.717, 1.165) is 36.2 Å². The van der Waals surface area contributed by atoms with Gasteiger partial charge in [0.15, 0.2) is 0 Å². The molecule has 1 spiro atoms. The summed E-state index contributed by atoms with van der Waals surface area (Å²) in [6.45, 7) is 8.52. The summed E-state index contributed by atoms with van der Waals surface area (Å²) in [4.78, 5) is 11.6. The third-order valence-electron chi connectivity index (χ3n) is 4.35. The topological polar surface area (TPSA) is 17.1 Å². The zero-order valence-electron chi connectivity index (χ0n) is 10.4. The summed E-state index contributed by atoms with van der Waals surface area (Å²) in [6.07, 6.45) is 3.95. The van der Waals surface area contributed by atoms with E-state index in [9.17, 15) is 4.79 Å². The lowest BCUT2D eigenvalue weighted by Crippen LogP contribution is -2.53. The Morgan fingerprint density at radius 3 is 2.56 bits per heavy atom. The van der Waals surface area contributed by atoms with Gasteiger partial charge in [-0.15, -0.1) is 0 Å². The van der Waals surface area contributed by atoms with E-state index in [4.69, 9.17) is 0 Å². The van der Waals surface area contributed by atoms with E-state index in [1.807, 2.05) is 11.8 Å². The molecule has 2 rings (SSSR count). The quantitative estimate of drug-likeness (QED) is 0.655. The Kier molecular flexibility index (Phi) is 3.19. The molecule has 0 aromatic heterocycles. The molecule has 0 N–H and O–H groups in total. The van der Waals surface area contributed by atoms with Gasteiger partial charge in [0, 0.05) is 43.1 Å². The zero-order valence-corrected chi connectivity index (χ0v) is 11.2. The Morgan fingerprint density at radius 1 is 1.44 bits per heavy atom. The smallest absolute Gasteiger partial charge is 0.135 e. The Balaban J connectivity index is 2.03. The number of rotatable bonds is 1. The second-order valence-corrected chi connectivity index (χ2v) is 7.14. The number of carbonyl (C=O) groups excluding carboxylic acids is 1.